The highest BCUT2D eigenvalue weighted by atomic mass is 32.1. The van der Waals surface area contributed by atoms with Gasteiger partial charge in [0.05, 0.1) is 12.4 Å². The van der Waals surface area contributed by atoms with E-state index in [1.165, 1.54) is 0 Å². The van der Waals surface area contributed by atoms with Gasteiger partial charge in [-0.3, -0.25) is 9.09 Å². The number of ether oxygens (including phenoxy) is 1. The van der Waals surface area contributed by atoms with Crippen LogP contribution < -0.4 is 10.3 Å². The first kappa shape index (κ1) is 23.0. The van der Waals surface area contributed by atoms with Crippen molar-refractivity contribution in [1.82, 2.24) is 19.5 Å². The van der Waals surface area contributed by atoms with Gasteiger partial charge in [-0.1, -0.05) is 44.3 Å². The normalized spacial score (nSPS) is 26.8. The summed E-state index contributed by atoms with van der Waals surface area (Å²) in [5.41, 5.74) is 7.21. The minimum absolute atomic E-state index is 0.133. The maximum atomic E-state index is 10.6. The second-order valence-corrected chi connectivity index (χ2v) is 9.45. The van der Waals surface area contributed by atoms with E-state index < -0.39 is 13.9 Å². The van der Waals surface area contributed by atoms with Crippen molar-refractivity contribution < 1.29 is 23.2 Å². The number of H-pyrrole nitrogens is 1. The summed E-state index contributed by atoms with van der Waals surface area (Å²) in [5.74, 6) is 0.790. The first-order valence-electron chi connectivity index (χ1n) is 10.4. The third kappa shape index (κ3) is 4.36. The van der Waals surface area contributed by atoms with Crippen molar-refractivity contribution in [3.8, 4) is 5.75 Å². The number of hydrogen-bond acceptors (Lipinski definition) is 9. The number of nitrogens with one attached hydrogen (secondary N) is 1. The van der Waals surface area contributed by atoms with Gasteiger partial charge in [0.1, 0.15) is 30.1 Å². The Morgan fingerprint density at radius 1 is 1.41 bits per heavy atom. The van der Waals surface area contributed by atoms with Gasteiger partial charge in [0.25, 0.3) is 0 Å². The molecule has 172 valence electrons. The molecular weight excluding hydrogens is 453 g/mol. The second kappa shape index (κ2) is 9.01. The number of imidazole rings is 1. The zero-order valence-corrected chi connectivity index (χ0v) is 19.9. The van der Waals surface area contributed by atoms with Crippen LogP contribution in [0.15, 0.2) is 30.6 Å². The number of hydrogen-bond donors (Lipinski definition) is 3. The van der Waals surface area contributed by atoms with Crippen LogP contribution in [0.25, 0.3) is 11.2 Å². The highest BCUT2D eigenvalue weighted by Crippen LogP contribution is 2.61. The van der Waals surface area contributed by atoms with Gasteiger partial charge in [0, 0.05) is 5.56 Å². The molecule has 12 heteroatoms. The molecule has 3 aromatic rings. The van der Waals surface area contributed by atoms with E-state index in [4.69, 9.17) is 36.3 Å². The number of nitrogens with zero attached hydrogens (tertiary/aromatic N) is 3. The molecule has 0 bridgehead atoms. The molecule has 2 unspecified atom stereocenters. The summed E-state index contributed by atoms with van der Waals surface area (Å²) in [5, 5.41) is 0. The summed E-state index contributed by atoms with van der Waals surface area (Å²) in [4.78, 5) is 22.0. The summed E-state index contributed by atoms with van der Waals surface area (Å²) in [6, 6.07) is 7.39. The van der Waals surface area contributed by atoms with E-state index in [1.54, 1.807) is 12.4 Å². The van der Waals surface area contributed by atoms with Crippen LogP contribution in [0.5, 0.6) is 5.75 Å². The Kier molecular flexibility index (Phi) is 6.49. The standard InChI is InChI=1S/C18H20N5O5PS.C2H6/c1-18(23-10-20-14-15(23)21-17(19)22-16(14)30)7-6-12(27-18)9-26-29(24)25-8-11-4-2-3-5-13(11)28-29;1-2/h2-5,10,12,24H,6-9H2,1H3,(H2-,19,21,22,30);1-2H3/p+1/t12?,18-,29?;/m1./s1. The first-order valence-corrected chi connectivity index (χ1v) is 12.4. The zero-order valence-electron chi connectivity index (χ0n) is 18.1. The fourth-order valence-corrected chi connectivity index (χ4v) is 5.26. The van der Waals surface area contributed by atoms with Gasteiger partial charge in [-0.25, -0.2) is 9.97 Å². The largest absolute Gasteiger partial charge is 0.619 e. The van der Waals surface area contributed by atoms with Crippen LogP contribution in [-0.2, 0) is 26.1 Å². The van der Waals surface area contributed by atoms with Crippen molar-refractivity contribution in [2.75, 3.05) is 12.3 Å². The van der Waals surface area contributed by atoms with Crippen LogP contribution in [0.3, 0.4) is 0 Å². The van der Waals surface area contributed by atoms with Crippen molar-refractivity contribution in [2.45, 2.75) is 52.0 Å². The predicted molar refractivity (Wildman–Crippen MR) is 123 cm³/mol. The number of aromatic amines is 1. The number of rotatable bonds is 4. The van der Waals surface area contributed by atoms with Gasteiger partial charge < -0.3 is 15.5 Å². The Labute approximate surface area is 191 Å². The van der Waals surface area contributed by atoms with Gasteiger partial charge in [-0.15, -0.1) is 9.05 Å². The number of nitrogen functional groups attached to an aromatic ring is 1. The Hall–Kier alpha value is -2.14. The molecule has 10 nitrogen and oxygen atoms in total. The smallest absolute Gasteiger partial charge is 0.369 e. The third-order valence-electron chi connectivity index (χ3n) is 5.29. The van der Waals surface area contributed by atoms with E-state index in [0.29, 0.717) is 34.4 Å². The molecule has 1 saturated heterocycles. The number of nitrogens with two attached hydrogens (primary N) is 1. The Balaban J connectivity index is 0.00000119. The van der Waals surface area contributed by atoms with Crippen LogP contribution in [0.4, 0.5) is 5.95 Å². The molecule has 2 aliphatic rings. The third-order valence-corrected chi connectivity index (χ3v) is 6.93. The van der Waals surface area contributed by atoms with Crippen LogP contribution >= 0.6 is 20.4 Å². The molecule has 2 aliphatic heterocycles. The fourth-order valence-electron chi connectivity index (χ4n) is 3.75. The lowest BCUT2D eigenvalue weighted by Crippen LogP contribution is -2.31. The summed E-state index contributed by atoms with van der Waals surface area (Å²) in [6.45, 7) is 6.32. The molecule has 32 heavy (non-hydrogen) atoms. The van der Waals surface area contributed by atoms with E-state index in [0.717, 1.165) is 5.56 Å². The molecule has 5 rings (SSSR count). The molecule has 4 heterocycles. The monoisotopic (exact) mass is 480 g/mol. The van der Waals surface area contributed by atoms with Gasteiger partial charge in [0.2, 0.25) is 0 Å². The molecule has 4 N–H and O–H groups in total. The van der Waals surface area contributed by atoms with E-state index in [-0.39, 0.29) is 25.3 Å². The minimum atomic E-state index is -3.45. The summed E-state index contributed by atoms with van der Waals surface area (Å²) in [6.07, 6.45) is 2.82. The number of aromatic nitrogens is 4. The predicted octanol–water partition coefficient (Wildman–Crippen LogP) is 4.24. The summed E-state index contributed by atoms with van der Waals surface area (Å²) >= 11 is 5.24. The fraction of sp³-hybridized carbons (Fsp3) is 0.450. The number of benzene rings is 1. The molecule has 0 aliphatic carbocycles. The first-order chi connectivity index (χ1) is 15.4. The number of fused-ring (bicyclic) bond motifs is 2. The molecule has 0 saturated carbocycles. The Bertz CT molecular complexity index is 1170. The van der Waals surface area contributed by atoms with Crippen LogP contribution in [0.1, 0.15) is 39.2 Å². The lowest BCUT2D eigenvalue weighted by molar-refractivity contribution is -0.0966. The highest BCUT2D eigenvalue weighted by Gasteiger charge is 2.51. The average Bonchev–Trinajstić information content (AvgIpc) is 3.38. The van der Waals surface area contributed by atoms with Crippen molar-refractivity contribution in [2.24, 2.45) is 0 Å². The molecule has 0 radical (unpaired) electrons. The Morgan fingerprint density at radius 3 is 3.00 bits per heavy atom. The molecule has 3 atom stereocenters. The van der Waals surface area contributed by atoms with Gasteiger partial charge >= 0.3 is 8.17 Å². The zero-order chi connectivity index (χ0) is 22.9. The summed E-state index contributed by atoms with van der Waals surface area (Å²) < 4.78 is 25.2. The van der Waals surface area contributed by atoms with E-state index in [2.05, 4.69) is 15.0 Å². The van der Waals surface area contributed by atoms with Crippen LogP contribution in [0, 0.1) is 4.64 Å². The molecule has 1 fully saturated rings. The number of anilines is 1. The SMILES string of the molecule is CC.C[C@]1(n2cnc3c(=S)nc(N)[nH]c32)CCC(CO[P+]2(O)OCc3ccccc3O2)O1. The van der Waals surface area contributed by atoms with Crippen molar-refractivity contribution in [3.05, 3.63) is 40.8 Å². The molecule has 0 amide bonds. The maximum Gasteiger partial charge on any atom is 0.619 e. The van der Waals surface area contributed by atoms with Crippen molar-refractivity contribution in [3.63, 3.8) is 0 Å². The van der Waals surface area contributed by atoms with E-state index in [9.17, 15) is 4.89 Å². The van der Waals surface area contributed by atoms with Gasteiger partial charge in [0.15, 0.2) is 16.3 Å². The van der Waals surface area contributed by atoms with Crippen molar-refractivity contribution >= 4 is 37.5 Å². The Morgan fingerprint density at radius 2 is 2.19 bits per heavy atom. The minimum Gasteiger partial charge on any atom is -0.369 e. The second-order valence-electron chi connectivity index (χ2n) is 7.43. The quantitative estimate of drug-likeness (QED) is 0.371. The average molecular weight is 481 g/mol. The maximum absolute atomic E-state index is 10.6. The lowest BCUT2D eigenvalue weighted by atomic mass is 10.1. The number of para-hydroxylation sites is 1. The molecule has 0 spiro atoms. The topological polar surface area (TPSA) is 130 Å². The molecule has 1 aromatic carbocycles. The van der Waals surface area contributed by atoms with Crippen LogP contribution in [-0.4, -0.2) is 37.1 Å². The summed E-state index contributed by atoms with van der Waals surface area (Å²) in [7, 11) is -3.45. The van der Waals surface area contributed by atoms with Crippen LogP contribution in [0.2, 0.25) is 0 Å². The lowest BCUT2D eigenvalue weighted by Gasteiger charge is -2.27. The molecular formula is C20H27N5O5PS+. The highest BCUT2D eigenvalue weighted by molar-refractivity contribution is 7.71. The van der Waals surface area contributed by atoms with E-state index in [1.807, 2.05) is 43.5 Å². The van der Waals surface area contributed by atoms with Crippen molar-refractivity contribution in [1.29, 1.82) is 0 Å². The van der Waals surface area contributed by atoms with Gasteiger partial charge in [-0.05, 0) is 25.8 Å². The van der Waals surface area contributed by atoms with E-state index >= 15 is 0 Å². The molecule has 2 aromatic heterocycles. The van der Waals surface area contributed by atoms with Gasteiger partial charge in [-0.2, -0.15) is 4.89 Å².